The fourth-order valence-corrected chi connectivity index (χ4v) is 7.23. The molecule has 2 heterocycles. The summed E-state index contributed by atoms with van der Waals surface area (Å²) in [5, 5.41) is 10.1. The highest BCUT2D eigenvalue weighted by Crippen LogP contribution is 2.38. The van der Waals surface area contributed by atoms with Crippen molar-refractivity contribution in [2.75, 3.05) is 32.7 Å². The Hall–Kier alpha value is -2.38. The maximum absolute atomic E-state index is 14.2. The van der Waals surface area contributed by atoms with Crippen LogP contribution in [-0.4, -0.2) is 59.6 Å². The zero-order valence-electron chi connectivity index (χ0n) is 23.6. The number of rotatable bonds is 11. The van der Waals surface area contributed by atoms with E-state index >= 15 is 0 Å². The average Bonchev–Trinajstić information content (AvgIpc) is 3.29. The van der Waals surface area contributed by atoms with Crippen LogP contribution in [-0.2, 0) is 11.2 Å². The SMILES string of the molecule is Cc1cc(F)c(CCCC2CCN(CC3CN(C(CC4CCC4)C(=O)O)CC3c3cccc(F)c3)CC2)c(F)c1. The van der Waals surface area contributed by atoms with E-state index < -0.39 is 23.6 Å². The van der Waals surface area contributed by atoms with Crippen molar-refractivity contribution >= 4 is 5.97 Å². The quantitative estimate of drug-likeness (QED) is 0.330. The van der Waals surface area contributed by atoms with Gasteiger partial charge in [0.1, 0.15) is 23.5 Å². The van der Waals surface area contributed by atoms with E-state index in [4.69, 9.17) is 0 Å². The van der Waals surface area contributed by atoms with Crippen LogP contribution in [0.25, 0.3) is 0 Å². The molecule has 0 amide bonds. The number of hydrogen-bond acceptors (Lipinski definition) is 3. The van der Waals surface area contributed by atoms with Gasteiger partial charge in [-0.25, -0.2) is 13.2 Å². The van der Waals surface area contributed by atoms with Gasteiger partial charge in [-0.1, -0.05) is 37.8 Å². The summed E-state index contributed by atoms with van der Waals surface area (Å²) < 4.78 is 42.6. The lowest BCUT2D eigenvalue weighted by Gasteiger charge is -2.35. The molecule has 3 aliphatic rings. The van der Waals surface area contributed by atoms with E-state index in [9.17, 15) is 23.1 Å². The number of aryl methyl sites for hydroxylation is 1. The maximum atomic E-state index is 14.2. The second-order valence-corrected chi connectivity index (χ2v) is 12.6. The van der Waals surface area contributed by atoms with Gasteiger partial charge in [-0.3, -0.25) is 9.69 Å². The minimum absolute atomic E-state index is 0.107. The minimum Gasteiger partial charge on any atom is -0.480 e. The standard InChI is InChI=1S/C33H43F3N2O2/c1-22-15-30(35)28(31(36)16-22)10-3-5-23-11-13-37(14-12-23)19-26-20-38(32(33(39)40)17-24-6-2-7-24)21-29(26)25-8-4-9-27(34)18-25/h4,8-9,15-16,18,23-24,26,29,32H,2-3,5-7,10-14,17,19-21H2,1H3,(H,39,40). The van der Waals surface area contributed by atoms with Gasteiger partial charge in [-0.2, -0.15) is 0 Å². The molecule has 1 aliphatic carbocycles. The fraction of sp³-hybridized carbons (Fsp3) is 0.606. The third kappa shape index (κ3) is 7.09. The van der Waals surface area contributed by atoms with E-state index in [1.54, 1.807) is 19.1 Å². The molecule has 2 aliphatic heterocycles. The van der Waals surface area contributed by atoms with Crippen molar-refractivity contribution in [3.8, 4) is 0 Å². The molecule has 0 radical (unpaired) electrons. The van der Waals surface area contributed by atoms with E-state index in [-0.39, 0.29) is 23.2 Å². The highest BCUT2D eigenvalue weighted by atomic mass is 19.1. The Morgan fingerprint density at radius 3 is 2.35 bits per heavy atom. The van der Waals surface area contributed by atoms with Gasteiger partial charge in [0.05, 0.1) is 0 Å². The largest absolute Gasteiger partial charge is 0.480 e. The highest BCUT2D eigenvalue weighted by molar-refractivity contribution is 5.73. The minimum atomic E-state index is -0.739. The van der Waals surface area contributed by atoms with Gasteiger partial charge in [-0.05, 0) is 105 Å². The molecular weight excluding hydrogens is 513 g/mol. The first kappa shape index (κ1) is 29.1. The zero-order chi connectivity index (χ0) is 28.2. The van der Waals surface area contributed by atoms with Gasteiger partial charge in [0, 0.05) is 31.1 Å². The second kappa shape index (κ2) is 13.1. The topological polar surface area (TPSA) is 43.8 Å². The van der Waals surface area contributed by atoms with Gasteiger partial charge in [0.15, 0.2) is 0 Å². The summed E-state index contributed by atoms with van der Waals surface area (Å²) in [7, 11) is 0. The second-order valence-electron chi connectivity index (χ2n) is 12.6. The number of carbonyl (C=O) groups is 1. The van der Waals surface area contributed by atoms with Gasteiger partial charge in [-0.15, -0.1) is 0 Å². The predicted molar refractivity (Wildman–Crippen MR) is 151 cm³/mol. The number of hydrogen-bond donors (Lipinski definition) is 1. The number of carboxylic acids is 1. The molecule has 1 N–H and O–H groups in total. The molecule has 3 fully saturated rings. The number of aliphatic carboxylic acids is 1. The number of halogens is 3. The molecule has 5 rings (SSSR count). The smallest absolute Gasteiger partial charge is 0.320 e. The van der Waals surface area contributed by atoms with Gasteiger partial charge >= 0.3 is 5.97 Å². The molecule has 4 nitrogen and oxygen atoms in total. The highest BCUT2D eigenvalue weighted by Gasteiger charge is 2.41. The van der Waals surface area contributed by atoms with E-state index in [1.807, 2.05) is 6.07 Å². The molecule has 0 aromatic heterocycles. The summed E-state index contributed by atoms with van der Waals surface area (Å²) in [6, 6.07) is 9.17. The Morgan fingerprint density at radius 1 is 1.00 bits per heavy atom. The van der Waals surface area contributed by atoms with Crippen LogP contribution in [0.3, 0.4) is 0 Å². The summed E-state index contributed by atoms with van der Waals surface area (Å²) in [6.07, 6.45) is 8.43. The predicted octanol–water partition coefficient (Wildman–Crippen LogP) is 6.81. The molecule has 2 aromatic rings. The Balaban J connectivity index is 1.16. The van der Waals surface area contributed by atoms with Crippen molar-refractivity contribution in [2.45, 2.75) is 76.7 Å². The van der Waals surface area contributed by atoms with Crippen molar-refractivity contribution < 1.29 is 23.1 Å². The van der Waals surface area contributed by atoms with Crippen LogP contribution < -0.4 is 0 Å². The van der Waals surface area contributed by atoms with Crippen molar-refractivity contribution in [3.63, 3.8) is 0 Å². The average molecular weight is 557 g/mol. The van der Waals surface area contributed by atoms with Crippen LogP contribution in [0, 0.1) is 42.1 Å². The summed E-state index contributed by atoms with van der Waals surface area (Å²) in [4.78, 5) is 16.9. The van der Waals surface area contributed by atoms with E-state index in [2.05, 4.69) is 9.80 Å². The molecular formula is C33H43F3N2O2. The summed E-state index contributed by atoms with van der Waals surface area (Å²) in [6.45, 7) is 5.88. The molecule has 7 heteroatoms. The van der Waals surface area contributed by atoms with Crippen LogP contribution >= 0.6 is 0 Å². The molecule has 2 saturated heterocycles. The van der Waals surface area contributed by atoms with Crippen molar-refractivity contribution in [3.05, 3.63) is 70.5 Å². The number of likely N-dealkylation sites (tertiary alicyclic amines) is 2. The van der Waals surface area contributed by atoms with Crippen molar-refractivity contribution in [2.24, 2.45) is 17.8 Å². The first-order valence-electron chi connectivity index (χ1n) is 15.2. The number of piperidine rings is 1. The third-order valence-electron chi connectivity index (χ3n) is 9.78. The lowest BCUT2D eigenvalue weighted by molar-refractivity contribution is -0.144. The molecule has 0 bridgehead atoms. The lowest BCUT2D eigenvalue weighted by atomic mass is 9.80. The number of carboxylic acid groups (broad SMARTS) is 1. The summed E-state index contributed by atoms with van der Waals surface area (Å²) in [5.74, 6) is -0.462. The monoisotopic (exact) mass is 556 g/mol. The van der Waals surface area contributed by atoms with Crippen LogP contribution in [0.1, 0.15) is 74.0 Å². The van der Waals surface area contributed by atoms with Crippen LogP contribution in [0.15, 0.2) is 36.4 Å². The first-order valence-corrected chi connectivity index (χ1v) is 15.2. The van der Waals surface area contributed by atoms with Crippen LogP contribution in [0.4, 0.5) is 13.2 Å². The lowest BCUT2D eigenvalue weighted by Crippen LogP contribution is -2.43. The zero-order valence-corrected chi connectivity index (χ0v) is 23.6. The molecule has 218 valence electrons. The Morgan fingerprint density at radius 2 is 1.73 bits per heavy atom. The summed E-state index contributed by atoms with van der Waals surface area (Å²) >= 11 is 0. The van der Waals surface area contributed by atoms with Gasteiger partial charge < -0.3 is 10.0 Å². The van der Waals surface area contributed by atoms with Crippen molar-refractivity contribution in [1.29, 1.82) is 0 Å². The normalized spacial score (nSPS) is 23.8. The van der Waals surface area contributed by atoms with Crippen LogP contribution in [0.2, 0.25) is 0 Å². The number of nitrogens with zero attached hydrogens (tertiary/aromatic N) is 2. The maximum Gasteiger partial charge on any atom is 0.320 e. The van der Waals surface area contributed by atoms with E-state index in [1.165, 1.54) is 24.6 Å². The van der Waals surface area contributed by atoms with Gasteiger partial charge in [0.2, 0.25) is 0 Å². The number of benzene rings is 2. The third-order valence-corrected chi connectivity index (χ3v) is 9.78. The fourth-order valence-electron chi connectivity index (χ4n) is 7.23. The molecule has 2 aromatic carbocycles. The molecule has 40 heavy (non-hydrogen) atoms. The molecule has 3 atom stereocenters. The van der Waals surface area contributed by atoms with Crippen molar-refractivity contribution in [1.82, 2.24) is 9.80 Å². The van der Waals surface area contributed by atoms with Gasteiger partial charge in [0.25, 0.3) is 0 Å². The Bertz CT molecular complexity index is 1140. The van der Waals surface area contributed by atoms with Crippen LogP contribution in [0.5, 0.6) is 0 Å². The summed E-state index contributed by atoms with van der Waals surface area (Å²) in [5.41, 5.74) is 1.77. The Labute approximate surface area is 236 Å². The molecule has 0 spiro atoms. The van der Waals surface area contributed by atoms with E-state index in [0.717, 1.165) is 70.3 Å². The Kier molecular flexibility index (Phi) is 9.52. The first-order chi connectivity index (χ1) is 19.3. The molecule has 3 unspecified atom stereocenters. The van der Waals surface area contributed by atoms with E-state index in [0.29, 0.717) is 36.8 Å². The molecule has 1 saturated carbocycles.